The molecule has 1 aliphatic carbocycles. The monoisotopic (exact) mass is 322 g/mol. The highest BCUT2D eigenvalue weighted by molar-refractivity contribution is 7.09. The Labute approximate surface area is 136 Å². The van der Waals surface area contributed by atoms with Crippen LogP contribution in [0.3, 0.4) is 0 Å². The van der Waals surface area contributed by atoms with Crippen LogP contribution in [0.5, 0.6) is 0 Å². The van der Waals surface area contributed by atoms with E-state index >= 15 is 0 Å². The molecule has 0 amide bonds. The lowest BCUT2D eigenvalue weighted by Crippen LogP contribution is -2.41. The van der Waals surface area contributed by atoms with Crippen molar-refractivity contribution in [3.8, 4) is 0 Å². The SMILES string of the molecule is CC(C)(C)c1csc(CN2C(C(=O)O)CC3CCCCC32)n1. The van der Waals surface area contributed by atoms with Crippen LogP contribution >= 0.6 is 11.3 Å². The lowest BCUT2D eigenvalue weighted by atomic mass is 9.85. The van der Waals surface area contributed by atoms with Crippen LogP contribution in [0.1, 0.15) is 63.6 Å². The van der Waals surface area contributed by atoms with Crippen molar-refractivity contribution in [3.63, 3.8) is 0 Å². The van der Waals surface area contributed by atoms with Gasteiger partial charge in [-0.2, -0.15) is 0 Å². The van der Waals surface area contributed by atoms with Crippen LogP contribution in [0.25, 0.3) is 0 Å². The Kier molecular flexibility index (Phi) is 4.29. The third-order valence-electron chi connectivity index (χ3n) is 5.14. The van der Waals surface area contributed by atoms with Crippen molar-refractivity contribution in [1.82, 2.24) is 9.88 Å². The average Bonchev–Trinajstić information content (AvgIpc) is 3.04. The summed E-state index contributed by atoms with van der Waals surface area (Å²) in [6.07, 6.45) is 5.64. The van der Waals surface area contributed by atoms with Gasteiger partial charge in [0.05, 0.1) is 12.2 Å². The molecule has 1 aliphatic heterocycles. The highest BCUT2D eigenvalue weighted by Crippen LogP contribution is 2.41. The molecule has 3 atom stereocenters. The van der Waals surface area contributed by atoms with Crippen molar-refractivity contribution < 1.29 is 9.90 Å². The van der Waals surface area contributed by atoms with Crippen LogP contribution in [0, 0.1) is 5.92 Å². The van der Waals surface area contributed by atoms with Crippen LogP contribution in [0.4, 0.5) is 0 Å². The molecule has 3 rings (SSSR count). The smallest absolute Gasteiger partial charge is 0.320 e. The largest absolute Gasteiger partial charge is 0.480 e. The van der Waals surface area contributed by atoms with E-state index in [1.54, 1.807) is 11.3 Å². The van der Waals surface area contributed by atoms with E-state index in [9.17, 15) is 9.90 Å². The van der Waals surface area contributed by atoms with Crippen LogP contribution in [-0.2, 0) is 16.8 Å². The van der Waals surface area contributed by atoms with E-state index < -0.39 is 5.97 Å². The van der Waals surface area contributed by atoms with Crippen molar-refractivity contribution in [2.75, 3.05) is 0 Å². The number of hydrogen-bond donors (Lipinski definition) is 1. The first-order chi connectivity index (χ1) is 10.4. The maximum Gasteiger partial charge on any atom is 0.320 e. The summed E-state index contributed by atoms with van der Waals surface area (Å²) in [5.74, 6) is -0.0982. The lowest BCUT2D eigenvalue weighted by molar-refractivity contribution is -0.142. The van der Waals surface area contributed by atoms with Crippen LogP contribution < -0.4 is 0 Å². The summed E-state index contributed by atoms with van der Waals surface area (Å²) in [6, 6.07) is 0.118. The molecular weight excluding hydrogens is 296 g/mol. The molecule has 1 saturated carbocycles. The topological polar surface area (TPSA) is 53.4 Å². The van der Waals surface area contributed by atoms with Gasteiger partial charge in [-0.05, 0) is 25.2 Å². The van der Waals surface area contributed by atoms with Crippen molar-refractivity contribution in [1.29, 1.82) is 0 Å². The van der Waals surface area contributed by atoms with Gasteiger partial charge in [0.25, 0.3) is 0 Å². The van der Waals surface area contributed by atoms with E-state index in [1.807, 2.05) is 0 Å². The molecule has 3 unspecified atom stereocenters. The van der Waals surface area contributed by atoms with E-state index in [1.165, 1.54) is 19.3 Å². The summed E-state index contributed by atoms with van der Waals surface area (Å²) in [7, 11) is 0. The second kappa shape index (κ2) is 5.93. The maximum absolute atomic E-state index is 11.7. The minimum absolute atomic E-state index is 0.0549. The fraction of sp³-hybridized carbons (Fsp3) is 0.765. The number of aromatic nitrogens is 1. The summed E-state index contributed by atoms with van der Waals surface area (Å²) in [5.41, 5.74) is 1.16. The van der Waals surface area contributed by atoms with Gasteiger partial charge in [-0.3, -0.25) is 9.69 Å². The number of rotatable bonds is 3. The molecular formula is C17H26N2O2S. The van der Waals surface area contributed by atoms with Crippen LogP contribution in [0.2, 0.25) is 0 Å². The molecule has 1 saturated heterocycles. The molecule has 2 fully saturated rings. The zero-order valence-corrected chi connectivity index (χ0v) is 14.5. The molecule has 4 nitrogen and oxygen atoms in total. The number of carboxylic acid groups (broad SMARTS) is 1. The third-order valence-corrected chi connectivity index (χ3v) is 5.98. The highest BCUT2D eigenvalue weighted by atomic mass is 32.1. The summed E-state index contributed by atoms with van der Waals surface area (Å²) in [6.45, 7) is 7.19. The Hall–Kier alpha value is -0.940. The van der Waals surface area contributed by atoms with Gasteiger partial charge >= 0.3 is 5.97 Å². The normalized spacial score (nSPS) is 29.5. The quantitative estimate of drug-likeness (QED) is 0.923. The first-order valence-corrected chi connectivity index (χ1v) is 9.17. The molecule has 0 aromatic carbocycles. The third kappa shape index (κ3) is 3.06. The van der Waals surface area contributed by atoms with Gasteiger partial charge in [-0.25, -0.2) is 4.98 Å². The zero-order chi connectivity index (χ0) is 15.9. The molecule has 0 spiro atoms. The van der Waals surface area contributed by atoms with Crippen molar-refractivity contribution in [2.24, 2.45) is 5.92 Å². The zero-order valence-electron chi connectivity index (χ0n) is 13.7. The van der Waals surface area contributed by atoms with Gasteiger partial charge in [-0.1, -0.05) is 33.6 Å². The number of aliphatic carboxylic acids is 1. The Morgan fingerprint density at radius 1 is 1.41 bits per heavy atom. The first kappa shape index (κ1) is 15.9. The molecule has 22 heavy (non-hydrogen) atoms. The Balaban J connectivity index is 1.79. The van der Waals surface area contributed by atoms with Crippen LogP contribution in [0.15, 0.2) is 5.38 Å². The van der Waals surface area contributed by atoms with Crippen molar-refractivity contribution in [3.05, 3.63) is 16.1 Å². The first-order valence-electron chi connectivity index (χ1n) is 8.29. The molecule has 2 heterocycles. The second-order valence-electron chi connectivity index (χ2n) is 7.75. The number of carbonyl (C=O) groups is 1. The van der Waals surface area contributed by atoms with E-state index in [0.717, 1.165) is 23.5 Å². The summed E-state index contributed by atoms with van der Waals surface area (Å²) >= 11 is 1.67. The molecule has 122 valence electrons. The fourth-order valence-electron chi connectivity index (χ4n) is 3.91. The van der Waals surface area contributed by atoms with Gasteiger partial charge in [-0.15, -0.1) is 11.3 Å². The van der Waals surface area contributed by atoms with E-state index in [4.69, 9.17) is 4.98 Å². The number of thiazole rings is 1. The van der Waals surface area contributed by atoms with Gasteiger partial charge in [0.15, 0.2) is 0 Å². The Bertz CT molecular complexity index is 549. The van der Waals surface area contributed by atoms with E-state index in [2.05, 4.69) is 31.1 Å². The lowest BCUT2D eigenvalue weighted by Gasteiger charge is -2.32. The summed E-state index contributed by atoms with van der Waals surface area (Å²) in [4.78, 5) is 18.6. The van der Waals surface area contributed by atoms with Gasteiger partial charge < -0.3 is 5.11 Å². The number of nitrogens with zero attached hydrogens (tertiary/aromatic N) is 2. The highest BCUT2D eigenvalue weighted by Gasteiger charge is 2.45. The number of likely N-dealkylation sites (tertiary alicyclic amines) is 1. The molecule has 1 aromatic rings. The standard InChI is InChI=1S/C17H26N2O2S/c1-17(2,3)14-10-22-15(18-14)9-19-12-7-5-4-6-11(12)8-13(19)16(20)21/h10-13H,4-9H2,1-3H3,(H,20,21). The fourth-order valence-corrected chi connectivity index (χ4v) is 4.94. The average molecular weight is 322 g/mol. The minimum Gasteiger partial charge on any atom is -0.480 e. The Morgan fingerprint density at radius 2 is 2.14 bits per heavy atom. The molecule has 1 N–H and O–H groups in total. The minimum atomic E-state index is -0.665. The summed E-state index contributed by atoms with van der Waals surface area (Å²) < 4.78 is 0. The maximum atomic E-state index is 11.7. The molecule has 1 aromatic heterocycles. The van der Waals surface area contributed by atoms with Gasteiger partial charge in [0.2, 0.25) is 0 Å². The molecule has 0 bridgehead atoms. The van der Waals surface area contributed by atoms with Crippen molar-refractivity contribution in [2.45, 2.75) is 76.9 Å². The van der Waals surface area contributed by atoms with Gasteiger partial charge in [0, 0.05) is 16.8 Å². The summed E-state index contributed by atoms with van der Waals surface area (Å²) in [5, 5.41) is 12.8. The molecule has 2 aliphatic rings. The Morgan fingerprint density at radius 3 is 2.77 bits per heavy atom. The predicted molar refractivity (Wildman–Crippen MR) is 88.1 cm³/mol. The predicted octanol–water partition coefficient (Wildman–Crippen LogP) is 3.66. The molecule has 0 radical (unpaired) electrons. The molecule has 5 heteroatoms. The van der Waals surface area contributed by atoms with E-state index in [-0.39, 0.29) is 11.5 Å². The number of hydrogen-bond acceptors (Lipinski definition) is 4. The van der Waals surface area contributed by atoms with Crippen LogP contribution in [-0.4, -0.2) is 33.0 Å². The number of fused-ring (bicyclic) bond motifs is 1. The van der Waals surface area contributed by atoms with E-state index in [0.29, 0.717) is 18.5 Å². The van der Waals surface area contributed by atoms with Gasteiger partial charge in [0.1, 0.15) is 11.0 Å². The number of carboxylic acids is 1. The second-order valence-corrected chi connectivity index (χ2v) is 8.69. The van der Waals surface area contributed by atoms with Crippen molar-refractivity contribution >= 4 is 17.3 Å².